The summed E-state index contributed by atoms with van der Waals surface area (Å²) in [5.41, 5.74) is -0.00425. The Labute approximate surface area is 164 Å². The molecule has 1 aliphatic carbocycles. The van der Waals surface area contributed by atoms with E-state index in [2.05, 4.69) is 30.3 Å². The number of hydrogen-bond acceptors (Lipinski definition) is 5. The molecule has 0 spiro atoms. The van der Waals surface area contributed by atoms with E-state index in [1.54, 1.807) is 0 Å². The Hall–Kier alpha value is -3.54. The van der Waals surface area contributed by atoms with Crippen molar-refractivity contribution in [3.05, 3.63) is 71.5 Å². The van der Waals surface area contributed by atoms with Crippen LogP contribution in [0.2, 0.25) is 0 Å². The quantitative estimate of drug-likeness (QED) is 0.654. The molecule has 0 amide bonds. The lowest BCUT2D eigenvalue weighted by atomic mass is 9.65. The SMILES string of the molecule is [C-]#[N+]c1ccc(F)c(-c2cnc(NCC3(c4ncccc4F)CC(F)C3)nn2)c1. The van der Waals surface area contributed by atoms with E-state index in [1.807, 2.05) is 0 Å². The molecule has 2 aromatic heterocycles. The van der Waals surface area contributed by atoms with Crippen LogP contribution in [0.3, 0.4) is 0 Å². The van der Waals surface area contributed by atoms with E-state index in [9.17, 15) is 13.2 Å². The van der Waals surface area contributed by atoms with Crippen LogP contribution < -0.4 is 5.32 Å². The van der Waals surface area contributed by atoms with Gasteiger partial charge in [0.25, 0.3) is 0 Å². The maximum atomic E-state index is 14.2. The molecule has 0 atom stereocenters. The molecule has 9 heteroatoms. The Balaban J connectivity index is 1.52. The number of halogens is 3. The van der Waals surface area contributed by atoms with Crippen LogP contribution in [0.15, 0.2) is 42.7 Å². The molecule has 1 fully saturated rings. The van der Waals surface area contributed by atoms with Crippen molar-refractivity contribution in [1.29, 1.82) is 0 Å². The topological polar surface area (TPSA) is 68.0 Å². The zero-order valence-electron chi connectivity index (χ0n) is 15.1. The van der Waals surface area contributed by atoms with Crippen LogP contribution in [0.1, 0.15) is 18.5 Å². The fraction of sp³-hybridized carbons (Fsp3) is 0.250. The smallest absolute Gasteiger partial charge is 0.242 e. The zero-order valence-corrected chi connectivity index (χ0v) is 15.1. The maximum absolute atomic E-state index is 14.2. The van der Waals surface area contributed by atoms with Crippen LogP contribution in [0.4, 0.5) is 24.8 Å². The monoisotopic (exact) mass is 396 g/mol. The highest BCUT2D eigenvalue weighted by atomic mass is 19.1. The molecule has 146 valence electrons. The first-order chi connectivity index (χ1) is 14.0. The Morgan fingerprint density at radius 3 is 2.62 bits per heavy atom. The minimum Gasteiger partial charge on any atom is -0.352 e. The van der Waals surface area contributed by atoms with E-state index in [4.69, 9.17) is 6.57 Å². The Kier molecular flexibility index (Phi) is 4.84. The van der Waals surface area contributed by atoms with Gasteiger partial charge in [0.1, 0.15) is 23.5 Å². The minimum atomic E-state index is -1.02. The molecule has 3 aromatic rings. The highest BCUT2D eigenvalue weighted by molar-refractivity contribution is 5.65. The summed E-state index contributed by atoms with van der Waals surface area (Å²) < 4.78 is 41.8. The summed E-state index contributed by atoms with van der Waals surface area (Å²) in [6.45, 7) is 7.21. The van der Waals surface area contributed by atoms with E-state index in [0.717, 1.165) is 0 Å². The van der Waals surface area contributed by atoms with Gasteiger partial charge in [-0.1, -0.05) is 6.07 Å². The highest BCUT2D eigenvalue weighted by Gasteiger charge is 2.48. The van der Waals surface area contributed by atoms with Gasteiger partial charge in [-0.3, -0.25) is 4.98 Å². The van der Waals surface area contributed by atoms with E-state index in [1.165, 1.54) is 42.7 Å². The van der Waals surface area contributed by atoms with Gasteiger partial charge >= 0.3 is 0 Å². The molecular formula is C20H15F3N6. The standard InChI is InChI=1S/C20H15F3N6/c1-24-13-4-5-15(22)14(7-13)17-10-26-19(29-28-17)27-11-20(8-12(21)9-20)18-16(23)3-2-6-25-18/h2-7,10,12H,8-9,11H2,(H,26,27,29). The first kappa shape index (κ1) is 18.8. The van der Waals surface area contributed by atoms with Crippen LogP contribution in [-0.4, -0.2) is 32.9 Å². The summed E-state index contributed by atoms with van der Waals surface area (Å²) >= 11 is 0. The highest BCUT2D eigenvalue weighted by Crippen LogP contribution is 2.45. The lowest BCUT2D eigenvalue weighted by molar-refractivity contribution is 0.0963. The minimum absolute atomic E-state index is 0.122. The van der Waals surface area contributed by atoms with Gasteiger partial charge in [0.15, 0.2) is 5.69 Å². The lowest BCUT2D eigenvalue weighted by Gasteiger charge is -2.43. The predicted octanol–water partition coefficient (Wildman–Crippen LogP) is 4.24. The van der Waals surface area contributed by atoms with Crippen molar-refractivity contribution >= 4 is 11.6 Å². The van der Waals surface area contributed by atoms with E-state index < -0.39 is 23.2 Å². The molecule has 29 heavy (non-hydrogen) atoms. The van der Waals surface area contributed by atoms with Crippen LogP contribution >= 0.6 is 0 Å². The van der Waals surface area contributed by atoms with Gasteiger partial charge < -0.3 is 5.32 Å². The molecule has 1 N–H and O–H groups in total. The largest absolute Gasteiger partial charge is 0.352 e. The Morgan fingerprint density at radius 2 is 1.97 bits per heavy atom. The second-order valence-electron chi connectivity index (χ2n) is 6.92. The van der Waals surface area contributed by atoms with Crippen molar-refractivity contribution in [3.63, 3.8) is 0 Å². The van der Waals surface area contributed by atoms with Gasteiger partial charge in [0, 0.05) is 23.7 Å². The predicted molar refractivity (Wildman–Crippen MR) is 100.0 cm³/mol. The van der Waals surface area contributed by atoms with E-state index in [0.29, 0.717) is 0 Å². The number of nitrogens with zero attached hydrogens (tertiary/aromatic N) is 5. The molecule has 0 bridgehead atoms. The van der Waals surface area contributed by atoms with Crippen molar-refractivity contribution in [1.82, 2.24) is 20.2 Å². The molecule has 1 aliphatic rings. The fourth-order valence-corrected chi connectivity index (χ4v) is 3.49. The van der Waals surface area contributed by atoms with Crippen molar-refractivity contribution in [3.8, 4) is 11.3 Å². The molecule has 0 unspecified atom stereocenters. The third kappa shape index (κ3) is 3.61. The van der Waals surface area contributed by atoms with Gasteiger partial charge in [-0.2, -0.15) is 0 Å². The molecular weight excluding hydrogens is 381 g/mol. The number of alkyl halides is 1. The molecule has 0 saturated heterocycles. The maximum Gasteiger partial charge on any atom is 0.242 e. The number of anilines is 1. The zero-order chi connectivity index (χ0) is 20.4. The Morgan fingerprint density at radius 1 is 1.14 bits per heavy atom. The van der Waals surface area contributed by atoms with Gasteiger partial charge in [0.2, 0.25) is 5.95 Å². The summed E-state index contributed by atoms with van der Waals surface area (Å²) in [6, 6.07) is 6.71. The molecule has 1 saturated carbocycles. The van der Waals surface area contributed by atoms with Crippen LogP contribution in [0.25, 0.3) is 16.1 Å². The molecule has 0 aliphatic heterocycles. The van der Waals surface area contributed by atoms with Crippen molar-refractivity contribution in [2.75, 3.05) is 11.9 Å². The number of pyridine rings is 1. The summed E-state index contributed by atoms with van der Waals surface area (Å²) in [5, 5.41) is 10.8. The first-order valence-corrected chi connectivity index (χ1v) is 8.87. The van der Waals surface area contributed by atoms with Crippen molar-refractivity contribution in [2.24, 2.45) is 0 Å². The summed E-state index contributed by atoms with van der Waals surface area (Å²) in [4.78, 5) is 11.5. The molecule has 4 rings (SSSR count). The lowest BCUT2D eigenvalue weighted by Crippen LogP contribution is -2.49. The van der Waals surface area contributed by atoms with Gasteiger partial charge in [0.05, 0.1) is 18.5 Å². The number of nitrogens with one attached hydrogen (secondary N) is 1. The summed E-state index contributed by atoms with van der Waals surface area (Å²) in [7, 11) is 0. The first-order valence-electron chi connectivity index (χ1n) is 8.87. The van der Waals surface area contributed by atoms with Crippen LogP contribution in [0, 0.1) is 18.2 Å². The van der Waals surface area contributed by atoms with Crippen molar-refractivity contribution in [2.45, 2.75) is 24.4 Å². The third-order valence-corrected chi connectivity index (χ3v) is 4.99. The second kappa shape index (κ2) is 7.47. The van der Waals surface area contributed by atoms with Gasteiger partial charge in [-0.05, 0) is 37.1 Å². The molecule has 6 nitrogen and oxygen atoms in total. The van der Waals surface area contributed by atoms with Crippen LogP contribution in [0.5, 0.6) is 0 Å². The second-order valence-corrected chi connectivity index (χ2v) is 6.92. The Bertz CT molecular complexity index is 1070. The number of hydrogen-bond donors (Lipinski definition) is 1. The van der Waals surface area contributed by atoms with E-state index in [-0.39, 0.29) is 48.0 Å². The molecule has 2 heterocycles. The number of rotatable bonds is 5. The fourth-order valence-electron chi connectivity index (χ4n) is 3.49. The molecule has 0 radical (unpaired) electrons. The summed E-state index contributed by atoms with van der Waals surface area (Å²) in [5.74, 6) is -0.874. The average Bonchev–Trinajstić information content (AvgIpc) is 2.72. The third-order valence-electron chi connectivity index (χ3n) is 4.99. The number of benzene rings is 1. The van der Waals surface area contributed by atoms with Crippen LogP contribution in [-0.2, 0) is 5.41 Å². The normalized spacial score (nSPS) is 20.6. The van der Waals surface area contributed by atoms with E-state index >= 15 is 0 Å². The van der Waals surface area contributed by atoms with Gasteiger partial charge in [-0.15, -0.1) is 10.2 Å². The van der Waals surface area contributed by atoms with Crippen molar-refractivity contribution < 1.29 is 13.2 Å². The summed E-state index contributed by atoms with van der Waals surface area (Å²) in [6.07, 6.45) is 2.08. The number of aromatic nitrogens is 4. The average molecular weight is 396 g/mol. The van der Waals surface area contributed by atoms with Gasteiger partial charge in [-0.25, -0.2) is 23.0 Å². The molecule has 1 aromatic carbocycles.